The van der Waals surface area contributed by atoms with Crippen LogP contribution in [-0.4, -0.2) is 59.4 Å². The minimum absolute atomic E-state index is 0.106. The lowest BCUT2D eigenvalue weighted by atomic mass is 9.87. The van der Waals surface area contributed by atoms with Crippen LogP contribution in [0.5, 0.6) is 5.75 Å². The van der Waals surface area contributed by atoms with Crippen molar-refractivity contribution < 1.29 is 19.1 Å². The predicted octanol–water partition coefficient (Wildman–Crippen LogP) is 2.03. The van der Waals surface area contributed by atoms with Crippen LogP contribution in [0.3, 0.4) is 0 Å². The third-order valence-corrected chi connectivity index (χ3v) is 5.15. The number of imide groups is 1. The van der Waals surface area contributed by atoms with Crippen LogP contribution in [0.2, 0.25) is 0 Å². The Morgan fingerprint density at radius 1 is 1.26 bits per heavy atom. The summed E-state index contributed by atoms with van der Waals surface area (Å²) in [6, 6.07) is 6.93. The van der Waals surface area contributed by atoms with Gasteiger partial charge < -0.3 is 15.0 Å². The molecule has 1 N–H and O–H groups in total. The minimum Gasteiger partial charge on any atom is -0.497 e. The zero-order valence-corrected chi connectivity index (χ0v) is 15.9. The van der Waals surface area contributed by atoms with Crippen molar-refractivity contribution in [3.8, 4) is 5.75 Å². The molecule has 2 fully saturated rings. The number of urea groups is 1. The lowest BCUT2D eigenvalue weighted by molar-refractivity contribution is -0.137. The number of likely N-dealkylation sites (tertiary alicyclic amines) is 1. The second-order valence-corrected chi connectivity index (χ2v) is 7.22. The second-order valence-electron chi connectivity index (χ2n) is 7.22. The molecule has 7 heteroatoms. The monoisotopic (exact) mass is 371 g/mol. The van der Waals surface area contributed by atoms with Crippen LogP contribution >= 0.6 is 0 Å². The molecule has 144 valence electrons. The average molecular weight is 371 g/mol. The van der Waals surface area contributed by atoms with E-state index in [0.29, 0.717) is 25.9 Å². The van der Waals surface area contributed by atoms with Gasteiger partial charge in [-0.1, -0.05) is 12.1 Å². The lowest BCUT2D eigenvalue weighted by Gasteiger charge is -2.37. The van der Waals surface area contributed by atoms with Crippen molar-refractivity contribution in [1.29, 1.82) is 0 Å². The Morgan fingerprint density at radius 2 is 1.96 bits per heavy atom. The highest BCUT2D eigenvalue weighted by Crippen LogP contribution is 2.30. The molecule has 0 unspecified atom stereocenters. The molecule has 0 atom stereocenters. The van der Waals surface area contributed by atoms with Crippen LogP contribution in [0.25, 0.3) is 6.08 Å². The van der Waals surface area contributed by atoms with E-state index in [1.807, 2.05) is 38.1 Å². The highest BCUT2D eigenvalue weighted by molar-refractivity contribution is 6.07. The van der Waals surface area contributed by atoms with Crippen LogP contribution in [-0.2, 0) is 9.59 Å². The summed E-state index contributed by atoms with van der Waals surface area (Å²) < 4.78 is 5.18. The van der Waals surface area contributed by atoms with Gasteiger partial charge in [0.25, 0.3) is 5.91 Å². The molecule has 7 nitrogen and oxygen atoms in total. The van der Waals surface area contributed by atoms with Gasteiger partial charge in [0.15, 0.2) is 0 Å². The first-order chi connectivity index (χ1) is 12.9. The summed E-state index contributed by atoms with van der Waals surface area (Å²) >= 11 is 0. The topological polar surface area (TPSA) is 79.0 Å². The van der Waals surface area contributed by atoms with Crippen molar-refractivity contribution in [2.24, 2.45) is 0 Å². The summed E-state index contributed by atoms with van der Waals surface area (Å²) in [4.78, 5) is 40.3. The molecule has 2 heterocycles. The van der Waals surface area contributed by atoms with Gasteiger partial charge in [0, 0.05) is 25.2 Å². The maximum atomic E-state index is 12.7. The number of rotatable bonds is 4. The zero-order chi connectivity index (χ0) is 19.6. The van der Waals surface area contributed by atoms with E-state index in [-0.39, 0.29) is 23.9 Å². The number of benzene rings is 1. The van der Waals surface area contributed by atoms with E-state index in [2.05, 4.69) is 5.32 Å². The summed E-state index contributed by atoms with van der Waals surface area (Å²) in [6.45, 7) is 4.50. The Hall–Kier alpha value is -2.83. The molecule has 2 aliphatic heterocycles. The Morgan fingerprint density at radius 3 is 2.56 bits per heavy atom. The van der Waals surface area contributed by atoms with Gasteiger partial charge in [-0.25, -0.2) is 4.79 Å². The van der Waals surface area contributed by atoms with E-state index in [1.165, 1.54) is 11.0 Å². The van der Waals surface area contributed by atoms with Gasteiger partial charge >= 0.3 is 6.03 Å². The van der Waals surface area contributed by atoms with Crippen LogP contribution < -0.4 is 10.1 Å². The molecule has 2 saturated heterocycles. The molecule has 0 bridgehead atoms. The van der Waals surface area contributed by atoms with E-state index >= 15 is 0 Å². The maximum absolute atomic E-state index is 12.7. The van der Waals surface area contributed by atoms with Gasteiger partial charge in [-0.05, 0) is 50.5 Å². The first-order valence-corrected chi connectivity index (χ1v) is 9.13. The van der Waals surface area contributed by atoms with Crippen molar-refractivity contribution in [3.05, 3.63) is 35.9 Å². The number of nitrogens with zero attached hydrogens (tertiary/aromatic N) is 2. The highest BCUT2D eigenvalue weighted by atomic mass is 16.5. The van der Waals surface area contributed by atoms with Gasteiger partial charge in [0.1, 0.15) is 11.3 Å². The number of hydrogen-bond donors (Lipinski definition) is 1. The smallest absolute Gasteiger partial charge is 0.325 e. The molecule has 0 aliphatic carbocycles. The molecule has 1 spiro atoms. The Kier molecular flexibility index (Phi) is 5.21. The Balaban J connectivity index is 1.62. The van der Waals surface area contributed by atoms with E-state index in [9.17, 15) is 14.4 Å². The Labute approximate surface area is 159 Å². The second kappa shape index (κ2) is 7.42. The highest BCUT2D eigenvalue weighted by Gasteiger charge is 2.53. The summed E-state index contributed by atoms with van der Waals surface area (Å²) in [5, 5.41) is 2.85. The van der Waals surface area contributed by atoms with E-state index in [4.69, 9.17) is 4.74 Å². The molecule has 1 aromatic rings. The van der Waals surface area contributed by atoms with Crippen molar-refractivity contribution in [2.45, 2.75) is 38.3 Å². The van der Waals surface area contributed by atoms with Crippen LogP contribution in [0.4, 0.5) is 4.79 Å². The van der Waals surface area contributed by atoms with Gasteiger partial charge in [0.2, 0.25) is 5.91 Å². The fraction of sp³-hybridized carbons (Fsp3) is 0.450. The Bertz CT molecular complexity index is 779. The van der Waals surface area contributed by atoms with E-state index < -0.39 is 5.54 Å². The first kappa shape index (κ1) is 18.9. The number of methoxy groups -OCH3 is 1. The first-order valence-electron chi connectivity index (χ1n) is 9.13. The van der Waals surface area contributed by atoms with Gasteiger partial charge in [-0.15, -0.1) is 0 Å². The van der Waals surface area contributed by atoms with Crippen molar-refractivity contribution >= 4 is 23.9 Å². The molecule has 2 aliphatic rings. The van der Waals surface area contributed by atoms with Crippen LogP contribution in [0.1, 0.15) is 32.3 Å². The third-order valence-electron chi connectivity index (χ3n) is 5.15. The predicted molar refractivity (Wildman–Crippen MR) is 101 cm³/mol. The molecule has 3 rings (SSSR count). The number of ether oxygens (including phenoxy) is 1. The fourth-order valence-corrected chi connectivity index (χ4v) is 3.58. The normalized spacial score (nSPS) is 19.3. The average Bonchev–Trinajstić information content (AvgIpc) is 2.90. The third kappa shape index (κ3) is 3.67. The summed E-state index contributed by atoms with van der Waals surface area (Å²) in [5.74, 6) is 0.446. The standard InChI is InChI=1S/C20H25N3O4/c1-14(2)23-18(25)20(21-19(23)26)9-11-22(12-10-20)17(24)8-7-15-5-4-6-16(13-15)27-3/h4-8,13-14H,9-12H2,1-3H3,(H,21,26)/b8-7+. The number of amides is 4. The van der Waals surface area contributed by atoms with E-state index in [0.717, 1.165) is 11.3 Å². The van der Waals surface area contributed by atoms with E-state index in [1.54, 1.807) is 18.1 Å². The number of piperidine rings is 1. The zero-order valence-electron chi connectivity index (χ0n) is 15.9. The quantitative estimate of drug-likeness (QED) is 0.649. The summed E-state index contributed by atoms with van der Waals surface area (Å²) in [5.41, 5.74) is 0.0104. The SMILES string of the molecule is COc1cccc(/C=C/C(=O)N2CCC3(CC2)NC(=O)N(C(C)C)C3=O)c1. The van der Waals surface area contributed by atoms with Gasteiger partial charge in [-0.3, -0.25) is 14.5 Å². The molecule has 0 aromatic heterocycles. The lowest BCUT2D eigenvalue weighted by Crippen LogP contribution is -2.55. The molecule has 0 saturated carbocycles. The number of nitrogens with one attached hydrogen (secondary N) is 1. The molecular formula is C20H25N3O4. The van der Waals surface area contributed by atoms with Gasteiger partial charge in [0.05, 0.1) is 7.11 Å². The van der Waals surface area contributed by atoms with Crippen molar-refractivity contribution in [3.63, 3.8) is 0 Å². The summed E-state index contributed by atoms with van der Waals surface area (Å²) in [7, 11) is 1.60. The fourth-order valence-electron chi connectivity index (χ4n) is 3.58. The largest absolute Gasteiger partial charge is 0.497 e. The van der Waals surface area contributed by atoms with Crippen molar-refractivity contribution in [2.75, 3.05) is 20.2 Å². The van der Waals surface area contributed by atoms with Crippen LogP contribution in [0.15, 0.2) is 30.3 Å². The maximum Gasteiger partial charge on any atom is 0.325 e. The van der Waals surface area contributed by atoms with Crippen molar-refractivity contribution in [1.82, 2.24) is 15.1 Å². The van der Waals surface area contributed by atoms with Crippen LogP contribution in [0, 0.1) is 0 Å². The molecule has 0 radical (unpaired) electrons. The number of carbonyl (C=O) groups excluding carboxylic acids is 3. The molecule has 1 aromatic carbocycles. The molecule has 27 heavy (non-hydrogen) atoms. The minimum atomic E-state index is -0.866. The molecule has 4 amide bonds. The van der Waals surface area contributed by atoms with Gasteiger partial charge in [-0.2, -0.15) is 0 Å². The number of carbonyl (C=O) groups is 3. The number of hydrogen-bond acceptors (Lipinski definition) is 4. The summed E-state index contributed by atoms with van der Waals surface area (Å²) in [6.07, 6.45) is 4.14. The molecular weight excluding hydrogens is 346 g/mol.